The Morgan fingerprint density at radius 1 is 0.186 bits per heavy atom. The van der Waals surface area contributed by atoms with Crippen LogP contribution in [0.1, 0.15) is 0 Å². The molecule has 40 atom stereocenters. The summed E-state index contributed by atoms with van der Waals surface area (Å²) in [5, 5.41) is 197. The van der Waals surface area contributed by atoms with Gasteiger partial charge in [-0.15, -0.1) is 0 Å². The minimum absolute atomic E-state index is 0.707. The second-order valence-electron chi connectivity index (χ2n) is 24.0. The molecule has 8 aliphatic rings. The number of aliphatic hydroxyl groups is 18. The molecule has 41 heteroatoms. The zero-order valence-electron chi connectivity index (χ0n) is 54.2. The lowest BCUT2D eigenvalue weighted by Gasteiger charge is -2.51. The van der Waals surface area contributed by atoms with Crippen molar-refractivity contribution in [3.05, 3.63) is 0 Å². The van der Waals surface area contributed by atoms with Crippen molar-refractivity contribution in [3.8, 4) is 0 Å². The Bertz CT molecular complexity index is 2280. The molecule has 41 nitrogen and oxygen atoms in total. The van der Waals surface area contributed by atoms with Crippen LogP contribution in [-0.4, -0.2) is 447 Å². The van der Waals surface area contributed by atoms with Crippen LogP contribution in [0, 0.1) is 0 Å². The Morgan fingerprint density at radius 2 is 0.340 bits per heavy atom. The van der Waals surface area contributed by atoms with Gasteiger partial charge in [-0.1, -0.05) is 0 Å². The van der Waals surface area contributed by atoms with Gasteiger partial charge in [-0.25, -0.2) is 0 Å². The molecule has 8 rings (SSSR count). The molecule has 18 N–H and O–H groups in total. The van der Waals surface area contributed by atoms with E-state index in [1.54, 1.807) is 0 Å². The quantitative estimate of drug-likeness (QED) is 0.0318. The lowest BCUT2D eigenvalue weighted by Crippen LogP contribution is -2.69. The van der Waals surface area contributed by atoms with Crippen LogP contribution in [0.5, 0.6) is 0 Å². The van der Waals surface area contributed by atoms with Crippen LogP contribution in [0.25, 0.3) is 0 Å². The van der Waals surface area contributed by atoms with E-state index >= 15 is 0 Å². The molecule has 97 heavy (non-hydrogen) atoms. The summed E-state index contributed by atoms with van der Waals surface area (Å²) in [7, 11) is 9.35. The summed E-state index contributed by atoms with van der Waals surface area (Å²) in [6, 6.07) is 0. The van der Waals surface area contributed by atoms with Crippen LogP contribution in [-0.2, 0) is 109 Å². The highest BCUT2D eigenvalue weighted by Gasteiger charge is 2.61. The fraction of sp³-hybridized carbons (Fsp3) is 1.00. The molecule has 0 aromatic rings. The molecule has 8 heterocycles. The summed E-state index contributed by atoms with van der Waals surface area (Å²) in [5.41, 5.74) is 0. The van der Waals surface area contributed by atoms with Gasteiger partial charge in [0, 0.05) is 56.9 Å². The van der Waals surface area contributed by atoms with E-state index in [1.165, 1.54) is 28.4 Å². The number of methoxy groups -OCH3 is 8. The summed E-state index contributed by atoms with van der Waals surface area (Å²) in [6.45, 7) is -6.65. The summed E-state index contributed by atoms with van der Waals surface area (Å²) in [6.07, 6.45) is -63.6. The zero-order valence-corrected chi connectivity index (χ0v) is 54.2. The lowest BCUT2D eigenvalue weighted by atomic mass is 9.94. The van der Waals surface area contributed by atoms with Gasteiger partial charge in [0.15, 0.2) is 50.3 Å². The van der Waals surface area contributed by atoms with Gasteiger partial charge in [0.1, 0.15) is 195 Å². The summed E-state index contributed by atoms with van der Waals surface area (Å²) in [5.74, 6) is 0. The predicted octanol–water partition coefficient (Wildman–Crippen LogP) is -13.2. The SMILES string of the molecule is CO[C@@H]1[C@H](O)[C@@H](O[C@H]2[C@H](OC)[C@H](O)[C@@H](O[C@H]3[C@H](OC)[C@H](O)[C@@H](O[C@H]4[C@H](OC)[C@H](O)[C@@H](O[C@H]5[C@H](OC)[C@H](O)[C@@H](O[C@H]6[C@H](OC)[C@H](O)[C@@H](O[C@H]7[C@H](OC)[C@H](O)[C@@H](O[C@H]8[C@H](OC)[C@H](O)[C@@H](O)O[C@@H]8CO)O[C@@H]7CO)O[C@@H]6CO)O[C@@H]5CO)O[C@@H]4CO)O[C@@H]3CO)O[C@@H]2CO)O[C@H](CO)[C@H]1O. The molecule has 0 aromatic heterocycles. The maximum absolute atomic E-state index is 11.9. The van der Waals surface area contributed by atoms with Crippen LogP contribution < -0.4 is 0 Å². The summed E-state index contributed by atoms with van der Waals surface area (Å²) < 4.78 is 134. The van der Waals surface area contributed by atoms with Gasteiger partial charge >= 0.3 is 0 Å². The monoisotopic (exact) mass is 1430 g/mol. The zero-order chi connectivity index (χ0) is 71.0. The average molecular weight is 1430 g/mol. The Hall–Kier alpha value is -1.64. The van der Waals surface area contributed by atoms with Crippen LogP contribution in [0.2, 0.25) is 0 Å². The van der Waals surface area contributed by atoms with Crippen LogP contribution >= 0.6 is 0 Å². The van der Waals surface area contributed by atoms with E-state index in [4.69, 9.17) is 109 Å². The Balaban J connectivity index is 0.901. The third-order valence-corrected chi connectivity index (χ3v) is 18.6. The summed E-state index contributed by atoms with van der Waals surface area (Å²) in [4.78, 5) is 0. The van der Waals surface area contributed by atoms with E-state index in [-0.39, 0.29) is 0 Å². The van der Waals surface area contributed by atoms with Gasteiger partial charge < -0.3 is 201 Å². The van der Waals surface area contributed by atoms with Crippen molar-refractivity contribution < 1.29 is 201 Å². The maximum atomic E-state index is 11.9. The fourth-order valence-electron chi connectivity index (χ4n) is 13.6. The second kappa shape index (κ2) is 36.9. The predicted molar refractivity (Wildman–Crippen MR) is 303 cm³/mol. The van der Waals surface area contributed by atoms with Crippen LogP contribution in [0.4, 0.5) is 0 Å². The second-order valence-corrected chi connectivity index (χ2v) is 24.0. The lowest BCUT2D eigenvalue weighted by molar-refractivity contribution is -0.401. The van der Waals surface area contributed by atoms with Crippen molar-refractivity contribution in [2.45, 2.75) is 246 Å². The molecule has 8 fully saturated rings. The van der Waals surface area contributed by atoms with E-state index in [0.29, 0.717) is 0 Å². The minimum atomic E-state index is -1.90. The van der Waals surface area contributed by atoms with Gasteiger partial charge in [0.05, 0.1) is 52.9 Å². The molecular formula is C56H98O41. The first-order valence-corrected chi connectivity index (χ1v) is 31.3. The van der Waals surface area contributed by atoms with Crippen molar-refractivity contribution >= 4 is 0 Å². The first-order chi connectivity index (χ1) is 46.5. The minimum Gasteiger partial charge on any atom is -0.394 e. The van der Waals surface area contributed by atoms with Crippen LogP contribution in [0.15, 0.2) is 0 Å². The highest BCUT2D eigenvalue weighted by molar-refractivity contribution is 5.03. The van der Waals surface area contributed by atoms with Crippen molar-refractivity contribution in [1.82, 2.24) is 0 Å². The number of rotatable bonds is 30. The topological polar surface area (TPSA) is 576 Å². The first-order valence-electron chi connectivity index (χ1n) is 31.3. The van der Waals surface area contributed by atoms with Crippen LogP contribution in [0.3, 0.4) is 0 Å². The molecule has 568 valence electrons. The van der Waals surface area contributed by atoms with Gasteiger partial charge in [-0.05, 0) is 0 Å². The van der Waals surface area contributed by atoms with Gasteiger partial charge in [0.2, 0.25) is 0 Å². The largest absolute Gasteiger partial charge is 0.394 e. The van der Waals surface area contributed by atoms with Gasteiger partial charge in [-0.3, -0.25) is 0 Å². The average Bonchev–Trinajstić information content (AvgIpc) is 0.778. The molecule has 8 saturated heterocycles. The standard InChI is InChI=1S/C56H98O41/c1-75-41-25(65)17(9-57)84-50(27(41)67)92-35-19(11-59)86-52(29(69)43(35)77-3)94-37-21(13-61)88-54(31(71)45(37)79-5)96-39-23(15-63)90-56(33(73)47(39)81-7)97-40-24(16-64)89-55(32(72)48(40)82-8)95-38-22(14-62)87-53(30(70)46(38)80-6)93-36-20(12-60)85-51(28(68)44(36)78-4)91-34-18(10-58)83-49(74)26(66)42(34)76-2/h17-74H,9-16H2,1-8H3/t17-,18-,19-,20-,21-,22-,23-,24-,25-,26+,27+,28+,29+,30+,31+,32+,33+,34-,35-,36-,37-,38-,39-,40-,41+,42-,43-,44-,45-,46-,47-,48-,49+,50-,51-,52-,53-,54-,55-,56-/m1/s1. The number of ether oxygens (including phenoxy) is 23. The molecule has 0 aromatic carbocycles. The Kier molecular flexibility index (Phi) is 30.8. The van der Waals surface area contributed by atoms with Crippen molar-refractivity contribution in [2.24, 2.45) is 0 Å². The van der Waals surface area contributed by atoms with Gasteiger partial charge in [-0.2, -0.15) is 0 Å². The van der Waals surface area contributed by atoms with Crippen molar-refractivity contribution in [2.75, 3.05) is 110 Å². The molecule has 0 aliphatic carbocycles. The molecule has 0 saturated carbocycles. The Labute approximate surface area is 555 Å². The van der Waals surface area contributed by atoms with E-state index < -0.39 is 299 Å². The fourth-order valence-corrected chi connectivity index (χ4v) is 13.6. The first kappa shape index (κ1) is 81.0. The smallest absolute Gasteiger partial charge is 0.187 e. The molecule has 8 aliphatic heterocycles. The number of aliphatic hydroxyl groups excluding tert-OH is 18. The van der Waals surface area contributed by atoms with E-state index in [1.807, 2.05) is 0 Å². The highest BCUT2D eigenvalue weighted by Crippen LogP contribution is 2.41. The maximum Gasteiger partial charge on any atom is 0.187 e. The third kappa shape index (κ3) is 16.9. The molecule has 0 unspecified atom stereocenters. The summed E-state index contributed by atoms with van der Waals surface area (Å²) >= 11 is 0. The van der Waals surface area contributed by atoms with E-state index in [2.05, 4.69) is 0 Å². The number of hydrogen-bond donors (Lipinski definition) is 18. The van der Waals surface area contributed by atoms with E-state index in [0.717, 1.165) is 28.4 Å². The van der Waals surface area contributed by atoms with Gasteiger partial charge in [0.25, 0.3) is 0 Å². The molecule has 0 spiro atoms. The number of hydrogen-bond acceptors (Lipinski definition) is 41. The van der Waals surface area contributed by atoms with E-state index in [9.17, 15) is 91.9 Å². The van der Waals surface area contributed by atoms with Crippen molar-refractivity contribution in [1.29, 1.82) is 0 Å². The normalized spacial score (nSPS) is 50.2. The molecular weight excluding hydrogens is 1330 g/mol. The Morgan fingerprint density at radius 3 is 0.515 bits per heavy atom. The molecule has 0 bridgehead atoms. The molecule has 0 radical (unpaired) electrons. The highest BCUT2D eigenvalue weighted by atomic mass is 16.8. The van der Waals surface area contributed by atoms with Crippen molar-refractivity contribution in [3.63, 3.8) is 0 Å². The molecule has 0 amide bonds. The third-order valence-electron chi connectivity index (χ3n) is 18.6.